The zero-order valence-electron chi connectivity index (χ0n) is 14.6. The van der Waals surface area contributed by atoms with Gasteiger partial charge in [0, 0.05) is 0 Å². The highest BCUT2D eigenvalue weighted by Gasteiger charge is 2.14. The summed E-state index contributed by atoms with van der Waals surface area (Å²) >= 11 is 0. The minimum Gasteiger partial charge on any atom is -0.282 e. The smallest absolute Gasteiger partial charge is 0.282 e. The Morgan fingerprint density at radius 3 is 1.83 bits per heavy atom. The normalized spacial score (nSPS) is 13.2. The Morgan fingerprint density at radius 1 is 0.826 bits per heavy atom. The summed E-state index contributed by atoms with van der Waals surface area (Å²) in [5.74, 6) is 0.499. The third-order valence-corrected chi connectivity index (χ3v) is 5.33. The van der Waals surface area contributed by atoms with Crippen LogP contribution in [0.15, 0.2) is 29.2 Å². The molecule has 0 saturated heterocycles. The molecule has 0 saturated carbocycles. The zero-order valence-corrected chi connectivity index (χ0v) is 15.4. The second-order valence-corrected chi connectivity index (χ2v) is 7.86. The lowest BCUT2D eigenvalue weighted by Crippen LogP contribution is -2.02. The number of hydrogen-bond acceptors (Lipinski definition) is 2. The largest absolute Gasteiger partial charge is 0.294 e. The van der Waals surface area contributed by atoms with Crippen molar-refractivity contribution in [1.82, 2.24) is 0 Å². The van der Waals surface area contributed by atoms with Crippen LogP contribution in [0.5, 0.6) is 0 Å². The van der Waals surface area contributed by atoms with Gasteiger partial charge in [0.25, 0.3) is 10.1 Å². The van der Waals surface area contributed by atoms with Gasteiger partial charge in [-0.05, 0) is 36.5 Å². The Morgan fingerprint density at radius 2 is 1.30 bits per heavy atom. The molecule has 0 radical (unpaired) electrons. The maximum absolute atomic E-state index is 11.2. The average molecular weight is 341 g/mol. The molecule has 1 aromatic carbocycles. The van der Waals surface area contributed by atoms with Gasteiger partial charge in [-0.2, -0.15) is 8.42 Å². The first-order chi connectivity index (χ1) is 11.0. The predicted molar refractivity (Wildman–Crippen MR) is 96.5 cm³/mol. The number of unbranched alkanes of at least 4 members (excludes halogenated alkanes) is 6. The summed E-state index contributed by atoms with van der Waals surface area (Å²) in [4.78, 5) is -0.0171. The molecule has 0 aliphatic rings. The molecule has 0 fully saturated rings. The summed E-state index contributed by atoms with van der Waals surface area (Å²) in [7, 11) is -4.09. The molecule has 3 nitrogen and oxygen atoms in total. The van der Waals surface area contributed by atoms with E-state index in [2.05, 4.69) is 13.8 Å². The van der Waals surface area contributed by atoms with Crippen molar-refractivity contribution < 1.29 is 13.0 Å². The van der Waals surface area contributed by atoms with Crippen LogP contribution in [-0.2, 0) is 10.1 Å². The third kappa shape index (κ3) is 7.98. The molecule has 0 aromatic heterocycles. The minimum atomic E-state index is -4.09. The van der Waals surface area contributed by atoms with Crippen molar-refractivity contribution in [3.8, 4) is 0 Å². The Balaban J connectivity index is 2.66. The topological polar surface area (TPSA) is 54.4 Å². The average Bonchev–Trinajstić information content (AvgIpc) is 2.52. The fourth-order valence-electron chi connectivity index (χ4n) is 3.02. The molecule has 1 unspecified atom stereocenters. The van der Waals surface area contributed by atoms with Crippen molar-refractivity contribution in [3.63, 3.8) is 0 Å². The lowest BCUT2D eigenvalue weighted by molar-refractivity contribution is 0.482. The monoisotopic (exact) mass is 340 g/mol. The van der Waals surface area contributed by atoms with E-state index in [9.17, 15) is 8.42 Å². The van der Waals surface area contributed by atoms with Gasteiger partial charge in [0.15, 0.2) is 0 Å². The highest BCUT2D eigenvalue weighted by molar-refractivity contribution is 7.85. The molecule has 23 heavy (non-hydrogen) atoms. The zero-order chi connectivity index (χ0) is 17.1. The van der Waals surface area contributed by atoms with Crippen LogP contribution < -0.4 is 0 Å². The fraction of sp³-hybridized carbons (Fsp3) is 0.684. The SMILES string of the molecule is CCCCCCCC(CCCCC)c1ccc(S(=O)(=O)O)cc1. The summed E-state index contributed by atoms with van der Waals surface area (Å²) in [5, 5.41) is 0. The predicted octanol–water partition coefficient (Wildman–Crippen LogP) is 5.96. The molecule has 1 atom stereocenters. The van der Waals surface area contributed by atoms with Gasteiger partial charge in [-0.1, -0.05) is 77.3 Å². The van der Waals surface area contributed by atoms with Crippen LogP contribution in [-0.4, -0.2) is 13.0 Å². The van der Waals surface area contributed by atoms with Crippen molar-refractivity contribution in [2.24, 2.45) is 0 Å². The van der Waals surface area contributed by atoms with Gasteiger partial charge in [-0.25, -0.2) is 0 Å². The fourth-order valence-corrected chi connectivity index (χ4v) is 3.50. The van der Waals surface area contributed by atoms with Crippen molar-refractivity contribution in [2.45, 2.75) is 88.9 Å². The van der Waals surface area contributed by atoms with Crippen LogP contribution in [0.4, 0.5) is 0 Å². The second-order valence-electron chi connectivity index (χ2n) is 6.44. The first kappa shape index (κ1) is 20.2. The quantitative estimate of drug-likeness (QED) is 0.377. The summed E-state index contributed by atoms with van der Waals surface area (Å²) in [5.41, 5.74) is 1.20. The van der Waals surface area contributed by atoms with Crippen molar-refractivity contribution in [2.75, 3.05) is 0 Å². The maximum atomic E-state index is 11.2. The molecule has 1 rings (SSSR count). The van der Waals surface area contributed by atoms with Crippen molar-refractivity contribution >= 4 is 10.1 Å². The first-order valence-corrected chi connectivity index (χ1v) is 10.5. The highest BCUT2D eigenvalue weighted by atomic mass is 32.2. The number of benzene rings is 1. The third-order valence-electron chi connectivity index (χ3n) is 4.46. The molecule has 132 valence electrons. The molecule has 4 heteroatoms. The number of hydrogen-bond donors (Lipinski definition) is 1. The molecular weight excluding hydrogens is 308 g/mol. The minimum absolute atomic E-state index is 0.0171. The van der Waals surface area contributed by atoms with Gasteiger partial charge in [0.2, 0.25) is 0 Å². The molecule has 1 aromatic rings. The molecule has 0 aliphatic carbocycles. The van der Waals surface area contributed by atoms with Gasteiger partial charge >= 0.3 is 0 Å². The van der Waals surface area contributed by atoms with Crippen LogP contribution >= 0.6 is 0 Å². The number of rotatable bonds is 12. The van der Waals surface area contributed by atoms with E-state index in [1.165, 1.54) is 75.5 Å². The lowest BCUT2D eigenvalue weighted by Gasteiger charge is -2.18. The standard InChI is InChI=1S/C19H32O3S/c1-3-5-7-8-10-12-17(11-9-6-4-2)18-13-15-19(16-14-18)23(20,21)22/h13-17H,3-12H2,1-2H3,(H,20,21,22). The van der Waals surface area contributed by atoms with Gasteiger partial charge in [-0.3, -0.25) is 4.55 Å². The van der Waals surface area contributed by atoms with E-state index in [4.69, 9.17) is 4.55 Å². The van der Waals surface area contributed by atoms with Crippen LogP contribution in [0, 0.1) is 0 Å². The van der Waals surface area contributed by atoms with E-state index in [0.29, 0.717) is 5.92 Å². The van der Waals surface area contributed by atoms with E-state index >= 15 is 0 Å². The van der Waals surface area contributed by atoms with E-state index in [1.807, 2.05) is 12.1 Å². The van der Waals surface area contributed by atoms with Gasteiger partial charge < -0.3 is 0 Å². The van der Waals surface area contributed by atoms with Crippen LogP contribution in [0.2, 0.25) is 0 Å². The second kappa shape index (κ2) is 10.8. The summed E-state index contributed by atoms with van der Waals surface area (Å²) in [6, 6.07) is 6.78. The summed E-state index contributed by atoms with van der Waals surface area (Å²) in [6.45, 7) is 4.44. The van der Waals surface area contributed by atoms with Crippen LogP contribution in [0.25, 0.3) is 0 Å². The van der Waals surface area contributed by atoms with Crippen LogP contribution in [0.1, 0.15) is 89.5 Å². The van der Waals surface area contributed by atoms with Gasteiger partial charge in [-0.15, -0.1) is 0 Å². The lowest BCUT2D eigenvalue weighted by atomic mass is 9.88. The first-order valence-electron chi connectivity index (χ1n) is 9.06. The molecule has 0 heterocycles. The molecule has 0 spiro atoms. The maximum Gasteiger partial charge on any atom is 0.294 e. The van der Waals surface area contributed by atoms with Crippen molar-refractivity contribution in [3.05, 3.63) is 29.8 Å². The molecule has 1 N–H and O–H groups in total. The summed E-state index contributed by atoms with van der Waals surface area (Å²) < 4.78 is 31.4. The molecule has 0 bridgehead atoms. The van der Waals surface area contributed by atoms with Gasteiger partial charge in [0.05, 0.1) is 4.90 Å². The molecular formula is C19H32O3S. The highest BCUT2D eigenvalue weighted by Crippen LogP contribution is 2.29. The Bertz CT molecular complexity index is 520. The van der Waals surface area contributed by atoms with Gasteiger partial charge in [0.1, 0.15) is 0 Å². The summed E-state index contributed by atoms with van der Waals surface area (Å²) in [6.07, 6.45) is 12.4. The Labute approximate surface area is 142 Å². The van der Waals surface area contributed by atoms with Crippen LogP contribution in [0.3, 0.4) is 0 Å². The molecule has 0 amide bonds. The Hall–Kier alpha value is -0.870. The van der Waals surface area contributed by atoms with E-state index in [0.717, 1.165) is 6.42 Å². The molecule has 0 aliphatic heterocycles. The Kier molecular flexibility index (Phi) is 9.49. The van der Waals surface area contributed by atoms with E-state index < -0.39 is 10.1 Å². The van der Waals surface area contributed by atoms with E-state index in [1.54, 1.807) is 0 Å². The van der Waals surface area contributed by atoms with E-state index in [-0.39, 0.29) is 4.90 Å². The van der Waals surface area contributed by atoms with Crippen molar-refractivity contribution in [1.29, 1.82) is 0 Å².